The fraction of sp³-hybridized carbons (Fsp3) is 0.250. The van der Waals surface area contributed by atoms with E-state index in [4.69, 9.17) is 21.4 Å². The average Bonchev–Trinajstić information content (AvgIpc) is 3.19. The summed E-state index contributed by atoms with van der Waals surface area (Å²) in [6.07, 6.45) is 2.23. The van der Waals surface area contributed by atoms with Crippen LogP contribution in [0, 0.1) is 0 Å². The fourth-order valence-corrected chi connectivity index (χ4v) is 2.90. The minimum atomic E-state index is -0.414. The molecule has 8 nitrogen and oxygen atoms in total. The number of aromatic nitrogens is 3. The zero-order chi connectivity index (χ0) is 20.6. The van der Waals surface area contributed by atoms with Gasteiger partial charge < -0.3 is 20.5 Å². The number of urea groups is 1. The van der Waals surface area contributed by atoms with Crippen LogP contribution in [-0.4, -0.2) is 39.8 Å². The van der Waals surface area contributed by atoms with Crippen molar-refractivity contribution < 1.29 is 14.6 Å². The summed E-state index contributed by atoms with van der Waals surface area (Å²) < 4.78 is 6.73. The summed E-state index contributed by atoms with van der Waals surface area (Å²) in [5.74, 6) is 0.757. The molecule has 0 radical (unpaired) electrons. The second-order valence-electron chi connectivity index (χ2n) is 6.34. The molecule has 1 heterocycles. The molecule has 0 unspecified atom stereocenters. The van der Waals surface area contributed by atoms with Crippen LogP contribution >= 0.6 is 11.6 Å². The Hall–Kier alpha value is -3.10. The van der Waals surface area contributed by atoms with E-state index in [9.17, 15) is 4.79 Å². The summed E-state index contributed by atoms with van der Waals surface area (Å²) in [6, 6.07) is 13.7. The van der Waals surface area contributed by atoms with Gasteiger partial charge in [-0.05, 0) is 48.4 Å². The summed E-state index contributed by atoms with van der Waals surface area (Å²) in [5, 5.41) is 23.6. The van der Waals surface area contributed by atoms with Crippen molar-refractivity contribution in [2.24, 2.45) is 0 Å². The van der Waals surface area contributed by atoms with Gasteiger partial charge in [0, 0.05) is 10.7 Å². The van der Waals surface area contributed by atoms with E-state index < -0.39 is 6.04 Å². The number of benzene rings is 2. The SMILES string of the molecule is COc1ccc(C[C@H](NC(=O)Nc2ccc(Cl)cc2)c2cn(CCO)nn2)cc1. The number of halogens is 1. The smallest absolute Gasteiger partial charge is 0.319 e. The highest BCUT2D eigenvalue weighted by molar-refractivity contribution is 6.30. The molecule has 29 heavy (non-hydrogen) atoms. The molecule has 2 amide bonds. The second-order valence-corrected chi connectivity index (χ2v) is 6.78. The third-order valence-corrected chi connectivity index (χ3v) is 4.50. The first-order valence-electron chi connectivity index (χ1n) is 9.04. The Balaban J connectivity index is 1.75. The van der Waals surface area contributed by atoms with Crippen LogP contribution in [0.4, 0.5) is 10.5 Å². The Labute approximate surface area is 173 Å². The number of ether oxygens (including phenoxy) is 1. The number of nitrogens with one attached hydrogen (secondary N) is 2. The molecule has 0 aliphatic carbocycles. The number of rotatable bonds is 8. The summed E-state index contributed by atoms with van der Waals surface area (Å²) in [6.45, 7) is 0.287. The quantitative estimate of drug-likeness (QED) is 0.525. The number of aliphatic hydroxyl groups excluding tert-OH is 1. The predicted molar refractivity (Wildman–Crippen MR) is 110 cm³/mol. The molecule has 0 aliphatic heterocycles. The van der Waals surface area contributed by atoms with E-state index in [-0.39, 0.29) is 12.6 Å². The largest absolute Gasteiger partial charge is 0.497 e. The molecule has 3 aromatic rings. The van der Waals surface area contributed by atoms with Crippen LogP contribution in [0.3, 0.4) is 0 Å². The number of carbonyl (C=O) groups excluding carboxylic acids is 1. The zero-order valence-corrected chi connectivity index (χ0v) is 16.6. The maximum Gasteiger partial charge on any atom is 0.319 e. The molecule has 0 saturated heterocycles. The first-order chi connectivity index (χ1) is 14.1. The fourth-order valence-electron chi connectivity index (χ4n) is 2.77. The van der Waals surface area contributed by atoms with E-state index in [1.54, 1.807) is 37.6 Å². The number of anilines is 1. The molecular weight excluding hydrogens is 394 g/mol. The molecular formula is C20H22ClN5O3. The average molecular weight is 416 g/mol. The van der Waals surface area contributed by atoms with Crippen LogP contribution in [0.5, 0.6) is 5.75 Å². The van der Waals surface area contributed by atoms with Gasteiger partial charge >= 0.3 is 6.03 Å². The van der Waals surface area contributed by atoms with Crippen molar-refractivity contribution in [3.05, 3.63) is 71.0 Å². The van der Waals surface area contributed by atoms with Gasteiger partial charge in [0.1, 0.15) is 11.4 Å². The Morgan fingerprint density at radius 1 is 1.21 bits per heavy atom. The normalized spacial score (nSPS) is 11.7. The highest BCUT2D eigenvalue weighted by Gasteiger charge is 2.19. The lowest BCUT2D eigenvalue weighted by atomic mass is 10.0. The molecule has 0 fully saturated rings. The van der Waals surface area contributed by atoms with Gasteiger partial charge in [-0.1, -0.05) is 28.9 Å². The van der Waals surface area contributed by atoms with Gasteiger partial charge in [0.2, 0.25) is 0 Å². The molecule has 152 valence electrons. The van der Waals surface area contributed by atoms with Crippen LogP contribution in [-0.2, 0) is 13.0 Å². The van der Waals surface area contributed by atoms with Crippen molar-refractivity contribution in [3.63, 3.8) is 0 Å². The summed E-state index contributed by atoms with van der Waals surface area (Å²) >= 11 is 5.88. The van der Waals surface area contributed by atoms with Crippen molar-refractivity contribution in [1.29, 1.82) is 0 Å². The van der Waals surface area contributed by atoms with E-state index in [0.29, 0.717) is 29.4 Å². The number of nitrogens with zero attached hydrogens (tertiary/aromatic N) is 3. The molecule has 1 aromatic heterocycles. The molecule has 2 aromatic carbocycles. The first-order valence-corrected chi connectivity index (χ1v) is 9.42. The molecule has 9 heteroatoms. The minimum Gasteiger partial charge on any atom is -0.497 e. The van der Waals surface area contributed by atoms with E-state index in [2.05, 4.69) is 20.9 Å². The third-order valence-electron chi connectivity index (χ3n) is 4.25. The Morgan fingerprint density at radius 2 is 1.93 bits per heavy atom. The minimum absolute atomic E-state index is 0.0452. The van der Waals surface area contributed by atoms with Crippen molar-refractivity contribution in [1.82, 2.24) is 20.3 Å². The maximum absolute atomic E-state index is 12.5. The molecule has 0 aliphatic rings. The highest BCUT2D eigenvalue weighted by atomic mass is 35.5. The Bertz CT molecular complexity index is 928. The van der Waals surface area contributed by atoms with E-state index in [0.717, 1.165) is 11.3 Å². The molecule has 1 atom stereocenters. The highest BCUT2D eigenvalue weighted by Crippen LogP contribution is 2.20. The lowest BCUT2D eigenvalue weighted by Gasteiger charge is -2.17. The number of aliphatic hydroxyl groups is 1. The van der Waals surface area contributed by atoms with E-state index in [1.165, 1.54) is 4.68 Å². The van der Waals surface area contributed by atoms with Gasteiger partial charge in [0.15, 0.2) is 0 Å². The van der Waals surface area contributed by atoms with Crippen molar-refractivity contribution in [2.75, 3.05) is 19.0 Å². The van der Waals surface area contributed by atoms with Crippen LogP contribution < -0.4 is 15.4 Å². The monoisotopic (exact) mass is 415 g/mol. The predicted octanol–water partition coefficient (Wildman–Crippen LogP) is 3.04. The number of hydrogen-bond donors (Lipinski definition) is 3. The molecule has 3 N–H and O–H groups in total. The summed E-state index contributed by atoms with van der Waals surface area (Å²) in [7, 11) is 1.61. The van der Waals surface area contributed by atoms with E-state index >= 15 is 0 Å². The Morgan fingerprint density at radius 3 is 2.59 bits per heavy atom. The molecule has 0 bridgehead atoms. The van der Waals surface area contributed by atoms with Gasteiger partial charge in [0.05, 0.1) is 32.5 Å². The van der Waals surface area contributed by atoms with Gasteiger partial charge in [-0.15, -0.1) is 5.10 Å². The van der Waals surface area contributed by atoms with Gasteiger partial charge in [-0.2, -0.15) is 0 Å². The van der Waals surface area contributed by atoms with Crippen molar-refractivity contribution in [2.45, 2.75) is 19.0 Å². The summed E-state index contributed by atoms with van der Waals surface area (Å²) in [5.41, 5.74) is 2.22. The third kappa shape index (κ3) is 5.94. The lowest BCUT2D eigenvalue weighted by Crippen LogP contribution is -2.34. The number of carbonyl (C=O) groups is 1. The van der Waals surface area contributed by atoms with E-state index in [1.807, 2.05) is 24.3 Å². The Kier molecular flexibility index (Phi) is 7.04. The number of amides is 2. The number of hydrogen-bond acceptors (Lipinski definition) is 5. The second kappa shape index (κ2) is 9.90. The van der Waals surface area contributed by atoms with Crippen LogP contribution in [0.2, 0.25) is 5.02 Å². The van der Waals surface area contributed by atoms with Crippen molar-refractivity contribution >= 4 is 23.3 Å². The number of methoxy groups -OCH3 is 1. The van der Waals surface area contributed by atoms with Gasteiger partial charge in [0.25, 0.3) is 0 Å². The maximum atomic E-state index is 12.5. The van der Waals surface area contributed by atoms with Crippen LogP contribution in [0.1, 0.15) is 17.3 Å². The topological polar surface area (TPSA) is 101 Å². The molecule has 3 rings (SSSR count). The first kappa shape index (κ1) is 20.6. The van der Waals surface area contributed by atoms with Gasteiger partial charge in [-0.3, -0.25) is 0 Å². The molecule has 0 spiro atoms. The van der Waals surface area contributed by atoms with Crippen LogP contribution in [0.25, 0.3) is 0 Å². The lowest BCUT2D eigenvalue weighted by molar-refractivity contribution is 0.248. The van der Waals surface area contributed by atoms with Crippen molar-refractivity contribution in [3.8, 4) is 5.75 Å². The summed E-state index contributed by atoms with van der Waals surface area (Å²) in [4.78, 5) is 12.5. The zero-order valence-electron chi connectivity index (χ0n) is 15.9. The van der Waals surface area contributed by atoms with Gasteiger partial charge in [-0.25, -0.2) is 9.48 Å². The standard InChI is InChI=1S/C20H22ClN5O3/c1-29-17-8-2-14(3-9-17)12-18(19-13-26(10-11-27)25-24-19)23-20(28)22-16-6-4-15(21)5-7-16/h2-9,13,18,27H,10-12H2,1H3,(H2,22,23,28)/t18-/m0/s1. The molecule has 0 saturated carbocycles. The van der Waals surface area contributed by atoms with Crippen LogP contribution in [0.15, 0.2) is 54.7 Å².